The third kappa shape index (κ3) is 5.84. The molecule has 0 saturated heterocycles. The summed E-state index contributed by atoms with van der Waals surface area (Å²) in [4.78, 5) is 23.3. The molecular formula is C17H14Br2ClFN2O8. The van der Waals surface area contributed by atoms with E-state index in [9.17, 15) is 29.5 Å². The summed E-state index contributed by atoms with van der Waals surface area (Å²) in [6.07, 6.45) is 0. The maximum Gasteiger partial charge on any atom is 0.355 e. The second-order valence-electron chi connectivity index (χ2n) is 5.59. The van der Waals surface area contributed by atoms with E-state index in [1.165, 1.54) is 0 Å². The molecule has 31 heavy (non-hydrogen) atoms. The molecule has 14 heteroatoms. The Hall–Kier alpha value is -1.97. The van der Waals surface area contributed by atoms with Gasteiger partial charge in [-0.3, -0.25) is 14.9 Å². The Kier molecular flexibility index (Phi) is 8.82. The summed E-state index contributed by atoms with van der Waals surface area (Å²) < 4.78 is 12.9. The van der Waals surface area contributed by atoms with Crippen LogP contribution in [-0.2, 0) is 0 Å². The summed E-state index contributed by atoms with van der Waals surface area (Å²) >= 11 is 11.7. The molecule has 2 aromatic carbocycles. The number of halogens is 4. The van der Waals surface area contributed by atoms with E-state index < -0.39 is 44.3 Å². The summed E-state index contributed by atoms with van der Waals surface area (Å²) in [7, 11) is 0. The molecule has 0 bridgehead atoms. The normalized spacial score (nSPS) is 11.4. The van der Waals surface area contributed by atoms with Crippen molar-refractivity contribution in [3.05, 3.63) is 78.4 Å². The predicted octanol–water partition coefficient (Wildman–Crippen LogP) is 2.63. The highest BCUT2D eigenvalue weighted by atomic mass is 79.9. The van der Waals surface area contributed by atoms with Crippen molar-refractivity contribution in [2.45, 2.75) is 11.9 Å². The predicted molar refractivity (Wildman–Crippen MR) is 115 cm³/mol. The second-order valence-corrected chi connectivity index (χ2v) is 7.64. The average Bonchev–Trinajstić information content (AvgIpc) is 2.63. The van der Waals surface area contributed by atoms with Gasteiger partial charge in [-0.15, -0.1) is 13.2 Å². The fourth-order valence-corrected chi connectivity index (χ4v) is 4.00. The first-order valence-electron chi connectivity index (χ1n) is 7.73. The molecule has 0 aliphatic heterocycles. The van der Waals surface area contributed by atoms with Gasteiger partial charge in [0.2, 0.25) is 0 Å². The van der Waals surface area contributed by atoms with Gasteiger partial charge in [0.1, 0.15) is 16.0 Å². The van der Waals surface area contributed by atoms with Crippen LogP contribution < -0.4 is 5.32 Å². The number of nitrogens with zero attached hydrogens (tertiary/aromatic N) is 1. The number of nitro benzene ring substituents is 1. The standard InChI is InChI=1S/C15H10Br2ClFN2O8.C2H4/c16-7-4-9(20-14(23,24)15(25,26)27)12(21(28)29)11(17)10(7)13(22)6-3-5(19)1-2-8(6)18;1-2/h1-4,20,23-27H;1-2H2. The van der Waals surface area contributed by atoms with Gasteiger partial charge >= 0.3 is 17.6 Å². The van der Waals surface area contributed by atoms with Crippen LogP contribution in [0, 0.1) is 15.9 Å². The van der Waals surface area contributed by atoms with Crippen LogP contribution in [0.15, 0.2) is 46.4 Å². The molecule has 0 radical (unpaired) electrons. The molecule has 0 unspecified atom stereocenters. The highest BCUT2D eigenvalue weighted by Crippen LogP contribution is 2.42. The zero-order valence-electron chi connectivity index (χ0n) is 15.1. The summed E-state index contributed by atoms with van der Waals surface area (Å²) in [6.45, 7) is 6.00. The van der Waals surface area contributed by atoms with E-state index in [0.29, 0.717) is 0 Å². The van der Waals surface area contributed by atoms with Crippen molar-refractivity contribution in [1.82, 2.24) is 0 Å². The fraction of sp³-hybridized carbons (Fsp3) is 0.118. The van der Waals surface area contributed by atoms with Gasteiger partial charge in [0.05, 0.1) is 15.5 Å². The van der Waals surface area contributed by atoms with Crippen molar-refractivity contribution in [3.63, 3.8) is 0 Å². The molecule has 0 saturated carbocycles. The van der Waals surface area contributed by atoms with E-state index in [2.05, 4.69) is 45.0 Å². The van der Waals surface area contributed by atoms with Crippen molar-refractivity contribution in [1.29, 1.82) is 0 Å². The lowest BCUT2D eigenvalue weighted by molar-refractivity contribution is -0.436. The van der Waals surface area contributed by atoms with E-state index in [1.807, 2.05) is 0 Å². The van der Waals surface area contributed by atoms with Crippen LogP contribution in [-0.4, -0.2) is 48.1 Å². The summed E-state index contributed by atoms with van der Waals surface area (Å²) in [5.41, 5.74) is -2.34. The number of aliphatic hydroxyl groups is 5. The Labute approximate surface area is 195 Å². The number of nitrogens with one attached hydrogen (secondary N) is 1. The first-order valence-corrected chi connectivity index (χ1v) is 9.70. The number of rotatable bonds is 6. The molecule has 0 amide bonds. The first-order chi connectivity index (χ1) is 14.2. The van der Waals surface area contributed by atoms with E-state index >= 15 is 0 Å². The van der Waals surface area contributed by atoms with Crippen LogP contribution in [0.4, 0.5) is 15.8 Å². The summed E-state index contributed by atoms with van der Waals surface area (Å²) in [6, 6.07) is 3.78. The highest BCUT2D eigenvalue weighted by molar-refractivity contribution is 9.11. The minimum absolute atomic E-state index is 0.129. The third-order valence-corrected chi connectivity index (χ3v) is 5.28. The van der Waals surface area contributed by atoms with E-state index in [-0.39, 0.29) is 20.6 Å². The Morgan fingerprint density at radius 1 is 1.16 bits per heavy atom. The van der Waals surface area contributed by atoms with Gasteiger partial charge in [-0.05, 0) is 56.1 Å². The molecule has 0 aliphatic carbocycles. The molecule has 10 nitrogen and oxygen atoms in total. The number of hydrogen-bond acceptors (Lipinski definition) is 9. The van der Waals surface area contributed by atoms with E-state index in [4.69, 9.17) is 26.9 Å². The van der Waals surface area contributed by atoms with Gasteiger partial charge in [-0.25, -0.2) is 4.39 Å². The lowest BCUT2D eigenvalue weighted by Gasteiger charge is -2.31. The number of ketones is 1. The molecule has 0 fully saturated rings. The first kappa shape index (κ1) is 27.1. The largest absolute Gasteiger partial charge is 0.355 e. The Morgan fingerprint density at radius 3 is 2.19 bits per heavy atom. The molecule has 0 spiro atoms. The van der Waals surface area contributed by atoms with Gasteiger partial charge in [0.25, 0.3) is 0 Å². The Morgan fingerprint density at radius 2 is 1.71 bits per heavy atom. The molecule has 2 rings (SSSR count). The fourth-order valence-electron chi connectivity index (χ4n) is 2.17. The zero-order valence-corrected chi connectivity index (χ0v) is 19.1. The van der Waals surface area contributed by atoms with Crippen LogP contribution >= 0.6 is 43.5 Å². The van der Waals surface area contributed by atoms with E-state index in [0.717, 1.165) is 24.3 Å². The Balaban J connectivity index is 0.00000233. The lowest BCUT2D eigenvalue weighted by Crippen LogP contribution is -2.59. The molecular weight excluding hydrogens is 574 g/mol. The lowest BCUT2D eigenvalue weighted by atomic mass is 10.0. The third-order valence-electron chi connectivity index (χ3n) is 3.55. The van der Waals surface area contributed by atoms with Crippen LogP contribution in [0.3, 0.4) is 0 Å². The second kappa shape index (κ2) is 10.1. The quantitative estimate of drug-likeness (QED) is 0.0975. The molecule has 2 aromatic rings. The number of carbonyl (C=O) groups excluding carboxylic acids is 1. The minimum Gasteiger partial charge on any atom is -0.343 e. The Bertz CT molecular complexity index is 1030. The number of hydrogen-bond donors (Lipinski definition) is 6. The summed E-state index contributed by atoms with van der Waals surface area (Å²) in [5, 5.41) is 58.9. The van der Waals surface area contributed by atoms with Gasteiger partial charge in [-0.1, -0.05) is 11.6 Å². The van der Waals surface area contributed by atoms with Gasteiger partial charge in [0.15, 0.2) is 5.78 Å². The smallest absolute Gasteiger partial charge is 0.343 e. The molecule has 0 aromatic heterocycles. The van der Waals surface area contributed by atoms with Crippen LogP contribution in [0.1, 0.15) is 15.9 Å². The maximum atomic E-state index is 13.5. The SMILES string of the molecule is C=C.O=C(c1cc(F)ccc1Cl)c1c(Br)cc(NC(O)(O)C(O)(O)O)c([N+](=O)[O-])c1Br. The van der Waals surface area contributed by atoms with Crippen LogP contribution in [0.5, 0.6) is 0 Å². The molecule has 0 atom stereocenters. The van der Waals surface area contributed by atoms with Crippen LogP contribution in [0.2, 0.25) is 5.02 Å². The van der Waals surface area contributed by atoms with Gasteiger partial charge < -0.3 is 30.8 Å². The monoisotopic (exact) mass is 586 g/mol. The maximum absolute atomic E-state index is 13.5. The van der Waals surface area contributed by atoms with Crippen molar-refractivity contribution >= 4 is 60.6 Å². The van der Waals surface area contributed by atoms with Crippen molar-refractivity contribution in [3.8, 4) is 0 Å². The molecule has 6 N–H and O–H groups in total. The number of nitro groups is 1. The van der Waals surface area contributed by atoms with E-state index in [1.54, 1.807) is 5.32 Å². The number of benzene rings is 2. The molecule has 0 aliphatic rings. The van der Waals surface area contributed by atoms with Crippen molar-refractivity contribution < 1.29 is 39.6 Å². The van der Waals surface area contributed by atoms with Gasteiger partial charge in [-0.2, -0.15) is 0 Å². The van der Waals surface area contributed by atoms with Crippen molar-refractivity contribution in [2.24, 2.45) is 0 Å². The highest BCUT2D eigenvalue weighted by Gasteiger charge is 2.48. The zero-order chi connectivity index (χ0) is 24.3. The minimum atomic E-state index is -4.11. The van der Waals surface area contributed by atoms with Crippen LogP contribution in [0.25, 0.3) is 0 Å². The number of anilines is 1. The molecule has 0 heterocycles. The topological polar surface area (TPSA) is 173 Å². The number of carbonyl (C=O) groups is 1. The molecule has 168 valence electrons. The summed E-state index contributed by atoms with van der Waals surface area (Å²) in [5.74, 6) is -9.64. The average molecular weight is 589 g/mol. The van der Waals surface area contributed by atoms with Gasteiger partial charge in [0, 0.05) is 10.0 Å². The van der Waals surface area contributed by atoms with Crippen molar-refractivity contribution in [2.75, 3.05) is 5.32 Å².